The SMILES string of the molecule is Cc1nc(C(C)(NC(=O)c2cc(OCC(F)(F)F)c(C3CC3)cn2)C(=O)N2CC(F)(F)C2)no1. The molecular weight excluding hydrogens is 469 g/mol. The van der Waals surface area contributed by atoms with Crippen LogP contribution in [0, 0.1) is 6.92 Å². The molecule has 3 heterocycles. The van der Waals surface area contributed by atoms with E-state index in [2.05, 4.69) is 20.4 Å². The van der Waals surface area contributed by atoms with Crippen LogP contribution in [0.25, 0.3) is 0 Å². The molecule has 0 aromatic carbocycles. The van der Waals surface area contributed by atoms with E-state index in [1.165, 1.54) is 20.0 Å². The molecule has 9 nitrogen and oxygen atoms in total. The maximum atomic E-state index is 13.3. The molecule has 2 fully saturated rings. The standard InChI is InChI=1S/C20H20F5N5O4/c1-10-27-16(29-34-10)18(2,17(32)30-7-19(21,22)8-30)28-15(31)13-5-14(33-9-20(23,24)25)12(6-26-13)11-3-4-11/h5-6,11H,3-4,7-9H2,1-2H3,(H,28,31). The quantitative estimate of drug-likeness (QED) is 0.596. The number of aromatic nitrogens is 3. The highest BCUT2D eigenvalue weighted by molar-refractivity contribution is 5.98. The Kier molecular flexibility index (Phi) is 5.72. The highest BCUT2D eigenvalue weighted by atomic mass is 19.4. The van der Waals surface area contributed by atoms with Gasteiger partial charge in [-0.05, 0) is 25.7 Å². The van der Waals surface area contributed by atoms with E-state index in [0.29, 0.717) is 5.56 Å². The van der Waals surface area contributed by atoms with Gasteiger partial charge in [-0.15, -0.1) is 0 Å². The summed E-state index contributed by atoms with van der Waals surface area (Å²) in [5.41, 5.74) is -1.90. The van der Waals surface area contributed by atoms with Crippen molar-refractivity contribution in [2.75, 3.05) is 19.7 Å². The first-order valence-electron chi connectivity index (χ1n) is 10.3. The van der Waals surface area contributed by atoms with Crippen LogP contribution in [0.4, 0.5) is 22.0 Å². The van der Waals surface area contributed by atoms with Gasteiger partial charge >= 0.3 is 6.18 Å². The monoisotopic (exact) mass is 489 g/mol. The van der Waals surface area contributed by atoms with Gasteiger partial charge in [-0.2, -0.15) is 18.2 Å². The van der Waals surface area contributed by atoms with Gasteiger partial charge in [0.15, 0.2) is 12.1 Å². The molecule has 1 N–H and O–H groups in total. The van der Waals surface area contributed by atoms with E-state index in [0.717, 1.165) is 23.8 Å². The number of hydrogen-bond donors (Lipinski definition) is 1. The van der Waals surface area contributed by atoms with Gasteiger partial charge in [-0.1, -0.05) is 5.16 Å². The van der Waals surface area contributed by atoms with Crippen LogP contribution < -0.4 is 10.1 Å². The molecule has 1 aliphatic heterocycles. The fraction of sp³-hybridized carbons (Fsp3) is 0.550. The summed E-state index contributed by atoms with van der Waals surface area (Å²) in [5, 5.41) is 6.03. The lowest BCUT2D eigenvalue weighted by molar-refractivity contribution is -0.171. The number of ether oxygens (including phenoxy) is 1. The Hall–Kier alpha value is -3.32. The van der Waals surface area contributed by atoms with Crippen molar-refractivity contribution >= 4 is 11.8 Å². The van der Waals surface area contributed by atoms with E-state index in [9.17, 15) is 31.5 Å². The van der Waals surface area contributed by atoms with E-state index in [1.54, 1.807) is 0 Å². The summed E-state index contributed by atoms with van der Waals surface area (Å²) < 4.78 is 74.5. The average Bonchev–Trinajstić information content (AvgIpc) is 3.48. The number of pyridine rings is 1. The third-order valence-electron chi connectivity index (χ3n) is 5.43. The molecule has 0 bridgehead atoms. The number of carbonyl (C=O) groups is 2. The molecule has 1 unspecified atom stereocenters. The molecule has 1 saturated carbocycles. The molecule has 184 valence electrons. The van der Waals surface area contributed by atoms with E-state index >= 15 is 0 Å². The number of nitrogens with one attached hydrogen (secondary N) is 1. The van der Waals surface area contributed by atoms with Gasteiger partial charge in [0.2, 0.25) is 11.7 Å². The molecule has 0 radical (unpaired) electrons. The van der Waals surface area contributed by atoms with Gasteiger partial charge in [0, 0.05) is 24.8 Å². The summed E-state index contributed by atoms with van der Waals surface area (Å²) in [7, 11) is 0. The lowest BCUT2D eigenvalue weighted by Crippen LogP contribution is -2.65. The number of carbonyl (C=O) groups excluding carboxylic acids is 2. The van der Waals surface area contributed by atoms with Crippen LogP contribution in [0.2, 0.25) is 0 Å². The number of halogens is 5. The Labute approximate surface area is 189 Å². The van der Waals surface area contributed by atoms with Gasteiger partial charge < -0.3 is 19.5 Å². The second-order valence-electron chi connectivity index (χ2n) is 8.52. The van der Waals surface area contributed by atoms with Crippen LogP contribution in [0.1, 0.15) is 53.5 Å². The maximum Gasteiger partial charge on any atom is 0.422 e. The van der Waals surface area contributed by atoms with Crippen LogP contribution >= 0.6 is 0 Å². The minimum absolute atomic E-state index is 0.0184. The molecule has 1 atom stereocenters. The van der Waals surface area contributed by atoms with Crippen LogP contribution in [0.3, 0.4) is 0 Å². The Balaban J connectivity index is 1.60. The Morgan fingerprint density at radius 1 is 1.29 bits per heavy atom. The van der Waals surface area contributed by atoms with Crippen molar-refractivity contribution in [3.8, 4) is 5.75 Å². The van der Waals surface area contributed by atoms with Crippen molar-refractivity contribution in [3.63, 3.8) is 0 Å². The third-order valence-corrected chi connectivity index (χ3v) is 5.43. The number of rotatable bonds is 7. The van der Waals surface area contributed by atoms with E-state index in [1.807, 2.05) is 0 Å². The van der Waals surface area contributed by atoms with Gasteiger partial charge in [-0.25, -0.2) is 8.78 Å². The molecule has 4 rings (SSSR count). The van der Waals surface area contributed by atoms with Gasteiger partial charge in [-0.3, -0.25) is 14.6 Å². The summed E-state index contributed by atoms with van der Waals surface area (Å²) in [6, 6.07) is 1.05. The summed E-state index contributed by atoms with van der Waals surface area (Å²) in [4.78, 5) is 34.8. The zero-order valence-electron chi connectivity index (χ0n) is 18.1. The predicted molar refractivity (Wildman–Crippen MR) is 103 cm³/mol. The summed E-state index contributed by atoms with van der Waals surface area (Å²) in [6.45, 7) is -0.605. The van der Waals surface area contributed by atoms with E-state index in [-0.39, 0.29) is 29.1 Å². The smallest absolute Gasteiger partial charge is 0.422 e. The van der Waals surface area contributed by atoms with Crippen molar-refractivity contribution in [2.45, 2.75) is 50.2 Å². The zero-order valence-corrected chi connectivity index (χ0v) is 18.1. The fourth-order valence-corrected chi connectivity index (χ4v) is 3.53. The topological polar surface area (TPSA) is 110 Å². The number of amides is 2. The number of nitrogens with zero attached hydrogens (tertiary/aromatic N) is 4. The highest BCUT2D eigenvalue weighted by Crippen LogP contribution is 2.44. The molecule has 0 spiro atoms. The van der Waals surface area contributed by atoms with Crippen LogP contribution in [-0.2, 0) is 10.3 Å². The molecule has 2 aliphatic rings. The first kappa shape index (κ1) is 23.8. The highest BCUT2D eigenvalue weighted by Gasteiger charge is 2.53. The summed E-state index contributed by atoms with van der Waals surface area (Å²) >= 11 is 0. The molecule has 2 amide bonds. The van der Waals surface area contributed by atoms with Crippen molar-refractivity contribution in [1.29, 1.82) is 0 Å². The predicted octanol–water partition coefficient (Wildman–Crippen LogP) is 2.71. The van der Waals surface area contributed by atoms with Crippen molar-refractivity contribution in [2.24, 2.45) is 0 Å². The third kappa shape index (κ3) is 4.94. The lowest BCUT2D eigenvalue weighted by atomic mass is 9.95. The van der Waals surface area contributed by atoms with Crippen LogP contribution in [0.15, 0.2) is 16.8 Å². The first-order valence-corrected chi connectivity index (χ1v) is 10.3. The minimum Gasteiger partial charge on any atom is -0.484 e. The number of alkyl halides is 5. The zero-order chi connectivity index (χ0) is 24.9. The van der Waals surface area contributed by atoms with Gasteiger partial charge in [0.1, 0.15) is 11.4 Å². The van der Waals surface area contributed by atoms with Crippen LogP contribution in [-0.4, -0.2) is 63.6 Å². The maximum absolute atomic E-state index is 13.3. The van der Waals surface area contributed by atoms with Crippen molar-refractivity contribution in [1.82, 2.24) is 25.3 Å². The number of aryl methyl sites for hydroxylation is 1. The van der Waals surface area contributed by atoms with E-state index < -0.39 is 49.1 Å². The first-order chi connectivity index (χ1) is 15.8. The Morgan fingerprint density at radius 2 is 1.97 bits per heavy atom. The van der Waals surface area contributed by atoms with Crippen molar-refractivity contribution < 1.29 is 40.8 Å². The van der Waals surface area contributed by atoms with Crippen LogP contribution in [0.5, 0.6) is 5.75 Å². The van der Waals surface area contributed by atoms with Gasteiger partial charge in [0.25, 0.3) is 17.7 Å². The molecule has 14 heteroatoms. The Morgan fingerprint density at radius 3 is 2.50 bits per heavy atom. The average molecular weight is 489 g/mol. The fourth-order valence-electron chi connectivity index (χ4n) is 3.53. The molecular formula is C20H20F5N5O4. The summed E-state index contributed by atoms with van der Waals surface area (Å²) in [5.74, 6) is -5.31. The lowest BCUT2D eigenvalue weighted by Gasteiger charge is -2.42. The minimum atomic E-state index is -4.59. The number of hydrogen-bond acceptors (Lipinski definition) is 7. The molecule has 2 aromatic heterocycles. The van der Waals surface area contributed by atoms with E-state index in [4.69, 9.17) is 9.26 Å². The summed E-state index contributed by atoms with van der Waals surface area (Å²) in [6.07, 6.45) is -1.83. The second-order valence-corrected chi connectivity index (χ2v) is 8.52. The number of likely N-dealkylation sites (tertiary alicyclic amines) is 1. The van der Waals surface area contributed by atoms with Gasteiger partial charge in [0.05, 0.1) is 13.1 Å². The van der Waals surface area contributed by atoms with Crippen molar-refractivity contribution in [3.05, 3.63) is 35.2 Å². The molecule has 2 aromatic rings. The molecule has 34 heavy (non-hydrogen) atoms. The largest absolute Gasteiger partial charge is 0.484 e. The molecule has 1 aliphatic carbocycles. The normalized spacial score (nSPS) is 19.2. The molecule has 1 saturated heterocycles. The second kappa shape index (κ2) is 8.17. The Bertz CT molecular complexity index is 1110.